The molecular formula is C20H31Cl2N3O2. The second kappa shape index (κ2) is 10.3. The van der Waals surface area contributed by atoms with Crippen LogP contribution < -0.4 is 10.5 Å². The fourth-order valence-electron chi connectivity index (χ4n) is 3.63. The lowest BCUT2D eigenvalue weighted by atomic mass is 9.98. The van der Waals surface area contributed by atoms with E-state index in [2.05, 4.69) is 17.9 Å². The summed E-state index contributed by atoms with van der Waals surface area (Å²) in [5.74, 6) is 3.10. The van der Waals surface area contributed by atoms with Gasteiger partial charge >= 0.3 is 0 Å². The third-order valence-electron chi connectivity index (χ3n) is 5.17. The summed E-state index contributed by atoms with van der Waals surface area (Å²) >= 11 is 0. The van der Waals surface area contributed by atoms with Gasteiger partial charge in [-0.15, -0.1) is 24.8 Å². The molecule has 0 aliphatic carbocycles. The highest BCUT2D eigenvalue weighted by molar-refractivity contribution is 5.85. The molecule has 1 aliphatic heterocycles. The smallest absolute Gasteiger partial charge is 0.226 e. The van der Waals surface area contributed by atoms with Crippen LogP contribution in [0.25, 0.3) is 11.5 Å². The van der Waals surface area contributed by atoms with Crippen LogP contribution in [0.3, 0.4) is 0 Å². The second-order valence-electron chi connectivity index (χ2n) is 7.14. The van der Waals surface area contributed by atoms with Gasteiger partial charge in [0.1, 0.15) is 11.5 Å². The molecule has 0 spiro atoms. The first kappa shape index (κ1) is 23.8. The molecule has 2 aromatic rings. The number of piperidine rings is 1. The summed E-state index contributed by atoms with van der Waals surface area (Å²) in [5, 5.41) is 0. The highest BCUT2D eigenvalue weighted by Gasteiger charge is 2.22. The maximum atomic E-state index is 6.00. The van der Waals surface area contributed by atoms with E-state index in [1.165, 1.54) is 12.8 Å². The normalized spacial score (nSPS) is 17.1. The van der Waals surface area contributed by atoms with Crippen LogP contribution in [-0.4, -0.2) is 36.6 Å². The van der Waals surface area contributed by atoms with Gasteiger partial charge in [0.15, 0.2) is 0 Å². The van der Waals surface area contributed by atoms with E-state index in [9.17, 15) is 0 Å². The van der Waals surface area contributed by atoms with E-state index in [0.29, 0.717) is 11.8 Å². The first-order valence-electron chi connectivity index (χ1n) is 9.06. The van der Waals surface area contributed by atoms with Crippen molar-refractivity contribution in [1.29, 1.82) is 0 Å². The summed E-state index contributed by atoms with van der Waals surface area (Å²) < 4.78 is 11.4. The lowest BCUT2D eigenvalue weighted by Crippen LogP contribution is -2.38. The molecule has 2 N–H and O–H groups in total. The molecule has 0 bridgehead atoms. The Morgan fingerprint density at radius 1 is 1.22 bits per heavy atom. The van der Waals surface area contributed by atoms with Crippen molar-refractivity contribution in [2.24, 2.45) is 11.7 Å². The molecule has 0 saturated carbocycles. The molecule has 2 heterocycles. The minimum absolute atomic E-state index is 0. The highest BCUT2D eigenvalue weighted by Crippen LogP contribution is 2.31. The van der Waals surface area contributed by atoms with E-state index >= 15 is 0 Å². The Balaban J connectivity index is 0.00000182. The Morgan fingerprint density at radius 2 is 1.96 bits per heavy atom. The van der Waals surface area contributed by atoms with Crippen LogP contribution in [0.4, 0.5) is 0 Å². The number of oxazole rings is 1. The monoisotopic (exact) mass is 415 g/mol. The summed E-state index contributed by atoms with van der Waals surface area (Å²) in [5.41, 5.74) is 10.1. The lowest BCUT2D eigenvalue weighted by Gasteiger charge is -2.31. The molecule has 152 valence electrons. The Hall–Kier alpha value is -1.27. The quantitative estimate of drug-likeness (QED) is 0.788. The average molecular weight is 416 g/mol. The molecule has 1 unspecified atom stereocenters. The maximum absolute atomic E-state index is 6.00. The van der Waals surface area contributed by atoms with Gasteiger partial charge in [-0.2, -0.15) is 0 Å². The first-order chi connectivity index (χ1) is 12.0. The number of aromatic nitrogens is 1. The molecule has 7 heteroatoms. The summed E-state index contributed by atoms with van der Waals surface area (Å²) in [6, 6.07) is 4.13. The van der Waals surface area contributed by atoms with Gasteiger partial charge in [-0.05, 0) is 75.9 Å². The van der Waals surface area contributed by atoms with Gasteiger partial charge in [0, 0.05) is 18.7 Å². The predicted molar refractivity (Wildman–Crippen MR) is 114 cm³/mol. The molecule has 1 aromatic carbocycles. The summed E-state index contributed by atoms with van der Waals surface area (Å²) in [7, 11) is 1.70. The van der Waals surface area contributed by atoms with E-state index in [0.717, 1.165) is 60.1 Å². The highest BCUT2D eigenvalue weighted by atomic mass is 35.5. The van der Waals surface area contributed by atoms with Crippen molar-refractivity contribution in [3.63, 3.8) is 0 Å². The number of hydrogen-bond acceptors (Lipinski definition) is 5. The number of nitrogens with zero attached hydrogens (tertiary/aromatic N) is 2. The van der Waals surface area contributed by atoms with Crippen LogP contribution in [-0.2, 0) is 6.54 Å². The van der Waals surface area contributed by atoms with E-state index in [4.69, 9.17) is 19.9 Å². The molecule has 1 aliphatic rings. The number of methoxy groups -OCH3 is 1. The van der Waals surface area contributed by atoms with Crippen molar-refractivity contribution < 1.29 is 9.15 Å². The summed E-state index contributed by atoms with van der Waals surface area (Å²) in [6.07, 6.45) is 2.45. The zero-order valence-corrected chi connectivity index (χ0v) is 18.2. The van der Waals surface area contributed by atoms with Gasteiger partial charge < -0.3 is 14.9 Å². The molecule has 1 atom stereocenters. The van der Waals surface area contributed by atoms with Crippen molar-refractivity contribution in [3.8, 4) is 17.2 Å². The summed E-state index contributed by atoms with van der Waals surface area (Å²) in [6.45, 7) is 9.87. The van der Waals surface area contributed by atoms with Crippen molar-refractivity contribution in [1.82, 2.24) is 9.88 Å². The average Bonchev–Trinajstić information content (AvgIpc) is 2.97. The fraction of sp³-hybridized carbons (Fsp3) is 0.550. The largest absolute Gasteiger partial charge is 0.496 e. The predicted octanol–water partition coefficient (Wildman–Crippen LogP) is 4.29. The van der Waals surface area contributed by atoms with Crippen molar-refractivity contribution in [2.45, 2.75) is 40.2 Å². The fourth-order valence-corrected chi connectivity index (χ4v) is 3.63. The van der Waals surface area contributed by atoms with Crippen LogP contribution >= 0.6 is 24.8 Å². The number of aryl methyl sites for hydroxylation is 3. The van der Waals surface area contributed by atoms with Crippen LogP contribution in [0.5, 0.6) is 5.75 Å². The number of nitrogens with two attached hydrogens (primary N) is 1. The third kappa shape index (κ3) is 5.38. The SMILES string of the molecule is COc1cc(C)c(-c2nc(CN3CCCC(CN)C3)c(C)o2)cc1C.Cl.Cl. The van der Waals surface area contributed by atoms with E-state index in [1.807, 2.05) is 19.9 Å². The Kier molecular flexibility index (Phi) is 9.09. The zero-order chi connectivity index (χ0) is 18.0. The molecule has 3 rings (SSSR count). The first-order valence-corrected chi connectivity index (χ1v) is 9.06. The standard InChI is InChI=1S/C20H29N3O2.2ClH/c1-13-9-19(24-4)14(2)8-17(13)20-22-18(15(3)25-20)12-23-7-5-6-16(10-21)11-23;;/h8-9,16H,5-7,10-12,21H2,1-4H3;2*1H. The molecule has 0 radical (unpaired) electrons. The zero-order valence-electron chi connectivity index (χ0n) is 16.6. The van der Waals surface area contributed by atoms with Gasteiger partial charge in [0.25, 0.3) is 0 Å². The summed E-state index contributed by atoms with van der Waals surface area (Å²) in [4.78, 5) is 7.25. The van der Waals surface area contributed by atoms with Crippen LogP contribution in [0.1, 0.15) is 35.4 Å². The van der Waals surface area contributed by atoms with Crippen molar-refractivity contribution in [3.05, 3.63) is 34.7 Å². The molecule has 1 fully saturated rings. The minimum Gasteiger partial charge on any atom is -0.496 e. The number of halogens is 2. The molecule has 5 nitrogen and oxygen atoms in total. The number of benzene rings is 1. The number of hydrogen-bond donors (Lipinski definition) is 1. The van der Waals surface area contributed by atoms with Crippen LogP contribution in [0, 0.1) is 26.7 Å². The van der Waals surface area contributed by atoms with E-state index in [1.54, 1.807) is 7.11 Å². The lowest BCUT2D eigenvalue weighted by molar-refractivity contribution is 0.169. The topological polar surface area (TPSA) is 64.5 Å². The van der Waals surface area contributed by atoms with Crippen molar-refractivity contribution in [2.75, 3.05) is 26.7 Å². The molecule has 0 amide bonds. The van der Waals surface area contributed by atoms with Crippen LogP contribution in [0.15, 0.2) is 16.5 Å². The van der Waals surface area contributed by atoms with Gasteiger partial charge in [-0.1, -0.05) is 0 Å². The molecule has 1 aromatic heterocycles. The maximum Gasteiger partial charge on any atom is 0.226 e. The van der Waals surface area contributed by atoms with Crippen molar-refractivity contribution >= 4 is 24.8 Å². The Morgan fingerprint density at radius 3 is 2.63 bits per heavy atom. The van der Waals surface area contributed by atoms with Gasteiger partial charge in [-0.25, -0.2) is 4.98 Å². The van der Waals surface area contributed by atoms with E-state index in [-0.39, 0.29) is 24.8 Å². The second-order valence-corrected chi connectivity index (χ2v) is 7.14. The molecule has 27 heavy (non-hydrogen) atoms. The third-order valence-corrected chi connectivity index (χ3v) is 5.17. The Bertz CT molecular complexity index is 749. The minimum atomic E-state index is 0. The van der Waals surface area contributed by atoms with Gasteiger partial charge in [0.05, 0.1) is 12.8 Å². The van der Waals surface area contributed by atoms with E-state index < -0.39 is 0 Å². The Labute approximate surface area is 174 Å². The van der Waals surface area contributed by atoms with Gasteiger partial charge in [0.2, 0.25) is 5.89 Å². The molecular weight excluding hydrogens is 385 g/mol. The van der Waals surface area contributed by atoms with Gasteiger partial charge in [-0.3, -0.25) is 4.90 Å². The van der Waals surface area contributed by atoms with Crippen LogP contribution in [0.2, 0.25) is 0 Å². The number of ether oxygens (including phenoxy) is 1. The molecule has 1 saturated heterocycles. The number of likely N-dealkylation sites (tertiary alicyclic amines) is 1. The number of rotatable bonds is 5.